The number of nitrogens with one attached hydrogen (secondary N) is 2. The highest BCUT2D eigenvalue weighted by Gasteiger charge is 2.15. The zero-order chi connectivity index (χ0) is 11.1. The van der Waals surface area contributed by atoms with Crippen molar-refractivity contribution in [2.75, 3.05) is 13.5 Å². The summed E-state index contributed by atoms with van der Waals surface area (Å²) < 4.78 is 0. The SMILES string of the molecule is [B]CNC(=O)[C@@H](NC)Sc1ccccc1. The van der Waals surface area contributed by atoms with Gasteiger partial charge in [-0.2, -0.15) is 0 Å². The third kappa shape index (κ3) is 3.97. The Morgan fingerprint density at radius 1 is 1.47 bits per heavy atom. The van der Waals surface area contributed by atoms with E-state index in [1.165, 1.54) is 11.8 Å². The molecule has 0 spiro atoms. The fourth-order valence-electron chi connectivity index (χ4n) is 1.07. The molecule has 0 fully saturated rings. The summed E-state index contributed by atoms with van der Waals surface area (Å²) in [5, 5.41) is 5.19. The first kappa shape index (κ1) is 12.1. The van der Waals surface area contributed by atoms with Gasteiger partial charge in [0.2, 0.25) is 5.91 Å². The van der Waals surface area contributed by atoms with E-state index in [0.29, 0.717) is 0 Å². The standard InChI is InChI=1S/C10H13BN2OS/c1-12-10(9(14)13-7-11)15-8-5-3-2-4-6-8/h2-6,10,12H,7H2,1H3,(H,13,14)/t10-/m0/s1. The minimum atomic E-state index is -0.309. The number of thioether (sulfide) groups is 1. The van der Waals surface area contributed by atoms with Crippen LogP contribution in [-0.4, -0.2) is 32.6 Å². The first-order valence-electron chi connectivity index (χ1n) is 4.64. The second kappa shape index (κ2) is 6.53. The molecular formula is C10H13BN2OS. The molecule has 0 aliphatic heterocycles. The van der Waals surface area contributed by atoms with Crippen molar-refractivity contribution in [1.82, 2.24) is 10.6 Å². The summed E-state index contributed by atoms with van der Waals surface area (Å²) in [6.45, 7) is 0. The minimum absolute atomic E-state index is 0.103. The van der Waals surface area contributed by atoms with E-state index >= 15 is 0 Å². The predicted molar refractivity (Wildman–Crippen MR) is 63.9 cm³/mol. The molecule has 0 aromatic heterocycles. The summed E-state index contributed by atoms with van der Waals surface area (Å²) in [4.78, 5) is 12.5. The number of carbonyl (C=O) groups excluding carboxylic acids is 1. The van der Waals surface area contributed by atoms with E-state index in [9.17, 15) is 4.79 Å². The summed E-state index contributed by atoms with van der Waals surface area (Å²) in [5.41, 5.74) is 0. The summed E-state index contributed by atoms with van der Waals surface area (Å²) in [5.74, 6) is -0.103. The first-order chi connectivity index (χ1) is 7.27. The molecule has 2 radical (unpaired) electrons. The van der Waals surface area contributed by atoms with Crippen molar-refractivity contribution >= 4 is 25.5 Å². The lowest BCUT2D eigenvalue weighted by Gasteiger charge is -2.14. The van der Waals surface area contributed by atoms with Crippen molar-refractivity contribution in [3.05, 3.63) is 30.3 Å². The molecule has 3 nitrogen and oxygen atoms in total. The van der Waals surface area contributed by atoms with Gasteiger partial charge in [0, 0.05) is 4.90 Å². The fraction of sp³-hybridized carbons (Fsp3) is 0.300. The third-order valence-corrected chi connectivity index (χ3v) is 3.00. The molecule has 1 aromatic rings. The average Bonchev–Trinajstić information content (AvgIpc) is 2.27. The molecule has 0 saturated carbocycles. The molecular weight excluding hydrogens is 207 g/mol. The predicted octanol–water partition coefficient (Wildman–Crippen LogP) is 0.566. The molecule has 15 heavy (non-hydrogen) atoms. The summed E-state index contributed by atoms with van der Waals surface area (Å²) >= 11 is 1.46. The van der Waals surface area contributed by atoms with Crippen molar-refractivity contribution < 1.29 is 4.79 Å². The topological polar surface area (TPSA) is 41.1 Å². The van der Waals surface area contributed by atoms with E-state index in [0.717, 1.165) is 4.90 Å². The van der Waals surface area contributed by atoms with Crippen LogP contribution in [0.1, 0.15) is 0 Å². The molecule has 5 heteroatoms. The number of hydrogen-bond donors (Lipinski definition) is 2. The first-order valence-corrected chi connectivity index (χ1v) is 5.52. The second-order valence-corrected chi connectivity index (χ2v) is 4.02. The van der Waals surface area contributed by atoms with Gasteiger partial charge < -0.3 is 10.6 Å². The molecule has 0 unspecified atom stereocenters. The summed E-state index contributed by atoms with van der Waals surface area (Å²) in [6.07, 6.45) is 0.159. The second-order valence-electron chi connectivity index (χ2n) is 2.84. The third-order valence-electron chi connectivity index (χ3n) is 1.77. The van der Waals surface area contributed by atoms with Gasteiger partial charge in [-0.25, -0.2) is 0 Å². The molecule has 0 saturated heterocycles. The van der Waals surface area contributed by atoms with Crippen LogP contribution in [0, 0.1) is 0 Å². The molecule has 0 bridgehead atoms. The average molecular weight is 220 g/mol. The molecule has 1 aromatic carbocycles. The van der Waals surface area contributed by atoms with Crippen LogP contribution in [0.4, 0.5) is 0 Å². The summed E-state index contributed by atoms with van der Waals surface area (Å²) in [6, 6.07) is 9.75. The monoisotopic (exact) mass is 220 g/mol. The van der Waals surface area contributed by atoms with Crippen molar-refractivity contribution in [3.8, 4) is 0 Å². The van der Waals surface area contributed by atoms with Gasteiger partial charge in [0.05, 0.1) is 7.85 Å². The largest absolute Gasteiger partial charge is 0.363 e. The highest BCUT2D eigenvalue weighted by molar-refractivity contribution is 8.00. The Bertz CT molecular complexity index is 308. The van der Waals surface area contributed by atoms with E-state index in [4.69, 9.17) is 7.85 Å². The Morgan fingerprint density at radius 2 is 2.13 bits per heavy atom. The van der Waals surface area contributed by atoms with Crippen LogP contribution in [0.5, 0.6) is 0 Å². The molecule has 0 aliphatic rings. The van der Waals surface area contributed by atoms with Gasteiger partial charge in [-0.15, -0.1) is 0 Å². The lowest BCUT2D eigenvalue weighted by molar-refractivity contribution is -0.120. The molecule has 0 heterocycles. The number of amides is 1. The molecule has 78 valence electrons. The zero-order valence-corrected chi connectivity index (χ0v) is 9.38. The van der Waals surface area contributed by atoms with Crippen LogP contribution in [0.2, 0.25) is 0 Å². The molecule has 2 N–H and O–H groups in total. The van der Waals surface area contributed by atoms with E-state index < -0.39 is 0 Å². The Morgan fingerprint density at radius 3 is 2.67 bits per heavy atom. The number of rotatable bonds is 5. The quantitative estimate of drug-likeness (QED) is 0.433. The van der Waals surface area contributed by atoms with Crippen LogP contribution in [0.15, 0.2) is 35.2 Å². The van der Waals surface area contributed by atoms with Crippen LogP contribution in [0.25, 0.3) is 0 Å². The van der Waals surface area contributed by atoms with Crippen molar-refractivity contribution in [2.24, 2.45) is 0 Å². The lowest BCUT2D eigenvalue weighted by atomic mass is 10.2. The van der Waals surface area contributed by atoms with Crippen LogP contribution < -0.4 is 10.6 Å². The van der Waals surface area contributed by atoms with Crippen molar-refractivity contribution in [2.45, 2.75) is 10.3 Å². The lowest BCUT2D eigenvalue weighted by Crippen LogP contribution is -2.40. The van der Waals surface area contributed by atoms with E-state index in [1.807, 2.05) is 30.3 Å². The van der Waals surface area contributed by atoms with Crippen molar-refractivity contribution in [1.29, 1.82) is 0 Å². The van der Waals surface area contributed by atoms with Gasteiger partial charge in [-0.05, 0) is 25.6 Å². The Hall–Kier alpha value is -0.935. The number of carbonyl (C=O) groups is 1. The molecule has 1 amide bonds. The minimum Gasteiger partial charge on any atom is -0.363 e. The van der Waals surface area contributed by atoms with Gasteiger partial charge in [0.25, 0.3) is 0 Å². The van der Waals surface area contributed by atoms with E-state index in [-0.39, 0.29) is 17.7 Å². The molecule has 1 atom stereocenters. The number of benzene rings is 1. The smallest absolute Gasteiger partial charge is 0.247 e. The fourth-order valence-corrected chi connectivity index (χ4v) is 1.97. The highest BCUT2D eigenvalue weighted by Crippen LogP contribution is 2.20. The maximum absolute atomic E-state index is 11.5. The van der Waals surface area contributed by atoms with Gasteiger partial charge in [-0.3, -0.25) is 4.79 Å². The Balaban J connectivity index is 2.58. The van der Waals surface area contributed by atoms with Gasteiger partial charge in [0.1, 0.15) is 5.37 Å². The van der Waals surface area contributed by atoms with Gasteiger partial charge >= 0.3 is 0 Å². The Labute approximate surface area is 95.4 Å². The highest BCUT2D eigenvalue weighted by atomic mass is 32.2. The van der Waals surface area contributed by atoms with E-state index in [1.54, 1.807) is 7.05 Å². The van der Waals surface area contributed by atoms with E-state index in [2.05, 4.69) is 10.6 Å². The maximum atomic E-state index is 11.5. The number of hydrogen-bond acceptors (Lipinski definition) is 3. The van der Waals surface area contributed by atoms with Gasteiger partial charge in [0.15, 0.2) is 0 Å². The van der Waals surface area contributed by atoms with Crippen LogP contribution >= 0.6 is 11.8 Å². The normalized spacial score (nSPS) is 12.1. The van der Waals surface area contributed by atoms with Crippen LogP contribution in [0.3, 0.4) is 0 Å². The zero-order valence-electron chi connectivity index (χ0n) is 8.57. The summed E-state index contributed by atoms with van der Waals surface area (Å²) in [7, 11) is 6.99. The van der Waals surface area contributed by atoms with Crippen molar-refractivity contribution in [3.63, 3.8) is 0 Å². The molecule has 1 rings (SSSR count). The maximum Gasteiger partial charge on any atom is 0.247 e. The molecule has 0 aliphatic carbocycles. The van der Waals surface area contributed by atoms with Gasteiger partial charge in [-0.1, -0.05) is 30.0 Å². The Kier molecular flexibility index (Phi) is 5.28. The number of likely N-dealkylation sites (N-methyl/N-ethyl adjacent to an activating group) is 1. The van der Waals surface area contributed by atoms with Crippen LogP contribution in [-0.2, 0) is 4.79 Å².